The average molecular weight is 1110 g/mol. The number of aliphatic hydroxyl groups excluding tert-OH is 4. The summed E-state index contributed by atoms with van der Waals surface area (Å²) in [6.45, 7) is -2.32. The number of benzene rings is 4. The van der Waals surface area contributed by atoms with E-state index in [0.717, 1.165) is 91.1 Å². The van der Waals surface area contributed by atoms with Gasteiger partial charge in [0.2, 0.25) is 0 Å². The zero-order valence-corrected chi connectivity index (χ0v) is 40.6. The van der Waals surface area contributed by atoms with Gasteiger partial charge in [0.05, 0.1) is 12.5 Å². The first-order valence-electron chi connectivity index (χ1n) is 23.1. The molecule has 2 aliphatic heterocycles. The molecule has 2 aliphatic rings. The third-order valence-corrected chi connectivity index (χ3v) is 11.7. The van der Waals surface area contributed by atoms with Crippen LogP contribution in [0, 0.1) is 0 Å². The largest absolute Gasteiger partial charge is 0.504 e. The van der Waals surface area contributed by atoms with Crippen molar-refractivity contribution in [2.45, 2.75) is 73.2 Å². The van der Waals surface area contributed by atoms with Crippen LogP contribution in [0.15, 0.2) is 97.1 Å². The highest BCUT2D eigenvalue weighted by Crippen LogP contribution is 2.43. The van der Waals surface area contributed by atoms with Crippen LogP contribution in [-0.2, 0) is 61.9 Å². The molecule has 4 aromatic carbocycles. The van der Waals surface area contributed by atoms with Crippen LogP contribution in [0.2, 0.25) is 0 Å². The van der Waals surface area contributed by atoms with Gasteiger partial charge in [0, 0.05) is 30.7 Å². The van der Waals surface area contributed by atoms with E-state index in [2.05, 4.69) is 0 Å². The van der Waals surface area contributed by atoms with E-state index in [4.69, 9.17) is 33.2 Å². The van der Waals surface area contributed by atoms with Crippen LogP contribution < -0.4 is 0 Å². The fourth-order valence-corrected chi connectivity index (χ4v) is 7.72. The van der Waals surface area contributed by atoms with Crippen LogP contribution >= 0.6 is 0 Å². The summed E-state index contributed by atoms with van der Waals surface area (Å²) in [4.78, 5) is 79.1. The number of aliphatic carboxylic acids is 2. The van der Waals surface area contributed by atoms with Crippen molar-refractivity contribution in [1.29, 1.82) is 0 Å². The Labute approximate surface area is 444 Å². The van der Waals surface area contributed by atoms with Crippen molar-refractivity contribution in [2.24, 2.45) is 0 Å². The Morgan fingerprint density at radius 2 is 0.835 bits per heavy atom. The van der Waals surface area contributed by atoms with Crippen molar-refractivity contribution in [2.75, 3.05) is 13.2 Å². The number of phenols is 8. The minimum atomic E-state index is -3.58. The lowest BCUT2D eigenvalue weighted by Crippen LogP contribution is -2.70. The second kappa shape index (κ2) is 25.3. The standard InChI is InChI=1S/C52H50O27/c53-29-9-1-25(17-33(29)57)5-13-41(64)73-23-38(62)46-45(68)40(75-43(66)15-7-27-3-11-31(55)35(59)19-27)22-52(77-46,50(71)72)79-51(49(69)70)21-37(61)47(76-44(67)16-8-28-4-12-32(56)36(60)20-28)48(78-51)39(63)24-74-42(65)14-6-26-2-10-30(54)34(58)18-26/h1-20,37-40,45-48,53-63,68H,21-24H2,(H,69,70)(H,71,72). The summed E-state index contributed by atoms with van der Waals surface area (Å²) < 4.78 is 38.0. The number of aliphatic hydroxyl groups is 4. The number of rotatable bonds is 20. The predicted octanol–water partition coefficient (Wildman–Crippen LogP) is 0.995. The normalized spacial score (nSPS) is 24.0. The smallest absolute Gasteiger partial charge is 0.364 e. The molecule has 27 nitrogen and oxygen atoms in total. The summed E-state index contributed by atoms with van der Waals surface area (Å²) in [6.07, 6.45) is -13.9. The van der Waals surface area contributed by atoms with E-state index in [1.165, 1.54) is 24.3 Å². The molecule has 0 saturated carbocycles. The number of hydrogen-bond donors (Lipinski definition) is 14. The van der Waals surface area contributed by atoms with Gasteiger partial charge in [0.15, 0.2) is 52.1 Å². The predicted molar refractivity (Wildman–Crippen MR) is 262 cm³/mol. The summed E-state index contributed by atoms with van der Waals surface area (Å²) in [7, 11) is 0. The molecular formula is C52H50O27. The second-order valence-corrected chi connectivity index (χ2v) is 17.4. The molecule has 0 aromatic heterocycles. The summed E-state index contributed by atoms with van der Waals surface area (Å²) in [6, 6.07) is 13.6. The molecule has 0 spiro atoms. The Kier molecular flexibility index (Phi) is 18.9. The number of carboxylic acids is 2. The van der Waals surface area contributed by atoms with Gasteiger partial charge < -0.3 is 99.9 Å². The molecule has 79 heavy (non-hydrogen) atoms. The fourth-order valence-electron chi connectivity index (χ4n) is 7.72. The van der Waals surface area contributed by atoms with E-state index < -0.39 is 168 Å². The van der Waals surface area contributed by atoms with E-state index >= 15 is 0 Å². The maximum Gasteiger partial charge on any atom is 0.364 e. The quantitative estimate of drug-likeness (QED) is 0.0254. The first kappa shape index (κ1) is 59.0. The van der Waals surface area contributed by atoms with Crippen LogP contribution in [0.1, 0.15) is 35.1 Å². The Morgan fingerprint density at radius 1 is 0.494 bits per heavy atom. The zero-order chi connectivity index (χ0) is 57.9. The number of carbonyl (C=O) groups is 6. The molecule has 10 unspecified atom stereocenters. The van der Waals surface area contributed by atoms with Gasteiger partial charge in [0.1, 0.15) is 49.8 Å². The van der Waals surface area contributed by atoms with E-state index in [1.807, 2.05) is 0 Å². The highest BCUT2D eigenvalue weighted by molar-refractivity contribution is 5.89. The molecule has 2 saturated heterocycles. The van der Waals surface area contributed by atoms with E-state index in [1.54, 1.807) is 0 Å². The highest BCUT2D eigenvalue weighted by atomic mass is 16.8. The number of aromatic hydroxyl groups is 8. The van der Waals surface area contributed by atoms with Crippen LogP contribution in [0.5, 0.6) is 46.0 Å². The van der Waals surface area contributed by atoms with Gasteiger partial charge in [-0.25, -0.2) is 28.8 Å². The van der Waals surface area contributed by atoms with Gasteiger partial charge in [-0.2, -0.15) is 0 Å². The van der Waals surface area contributed by atoms with Crippen molar-refractivity contribution in [3.05, 3.63) is 119 Å². The average Bonchev–Trinajstić information content (AvgIpc) is 3.49. The van der Waals surface area contributed by atoms with Crippen LogP contribution in [-0.4, -0.2) is 181 Å². The van der Waals surface area contributed by atoms with Crippen molar-refractivity contribution < 1.29 is 133 Å². The van der Waals surface area contributed by atoms with Crippen LogP contribution in [0.25, 0.3) is 24.3 Å². The van der Waals surface area contributed by atoms with E-state index in [-0.39, 0.29) is 22.3 Å². The minimum Gasteiger partial charge on any atom is -0.504 e. The van der Waals surface area contributed by atoms with Gasteiger partial charge in [0.25, 0.3) is 11.6 Å². The molecule has 27 heteroatoms. The first-order valence-corrected chi connectivity index (χ1v) is 23.1. The van der Waals surface area contributed by atoms with Crippen LogP contribution in [0.4, 0.5) is 0 Å². The second-order valence-electron chi connectivity index (χ2n) is 17.4. The molecule has 0 radical (unpaired) electrons. The molecule has 0 amide bonds. The maximum atomic E-state index is 13.5. The number of ether oxygens (including phenoxy) is 7. The van der Waals surface area contributed by atoms with Gasteiger partial charge in [-0.15, -0.1) is 0 Å². The summed E-state index contributed by atoms with van der Waals surface area (Å²) >= 11 is 0. The molecule has 4 aromatic rings. The van der Waals surface area contributed by atoms with Gasteiger partial charge >= 0.3 is 35.8 Å². The summed E-state index contributed by atoms with van der Waals surface area (Å²) in [5.74, 6) is -21.1. The van der Waals surface area contributed by atoms with E-state index in [0.29, 0.717) is 6.08 Å². The zero-order valence-electron chi connectivity index (χ0n) is 40.6. The SMILES string of the molecule is O=C(C=Cc1ccc(O)c(O)c1)OCC(O)C1OC(OC2(C(=O)O)CC(O)C(OC(=O)C=Cc3ccc(O)c(O)c3)C(C(O)COC(=O)C=Cc3ccc(O)c(O)c3)O2)(C(=O)O)CC(OC(=O)C=Cc2ccc(O)c(O)c2)C1O. The third kappa shape index (κ3) is 15.0. The molecule has 0 aliphatic carbocycles. The minimum absolute atomic E-state index is 0.0987. The topological polar surface area (TPSA) is 450 Å². The lowest BCUT2D eigenvalue weighted by atomic mass is 9.90. The first-order chi connectivity index (χ1) is 37.3. The Balaban J connectivity index is 1.32. The summed E-state index contributed by atoms with van der Waals surface area (Å²) in [5.41, 5.74) is 0.562. The molecule has 0 bridgehead atoms. The number of carbonyl (C=O) groups excluding carboxylic acids is 4. The summed E-state index contributed by atoms with van der Waals surface area (Å²) in [5, 5.41) is 146. The molecule has 2 heterocycles. The van der Waals surface area contributed by atoms with Crippen molar-refractivity contribution in [3.63, 3.8) is 0 Å². The monoisotopic (exact) mass is 1110 g/mol. The van der Waals surface area contributed by atoms with Gasteiger partial charge in [-0.05, 0) is 95.1 Å². The Hall–Kier alpha value is -9.22. The molecular weight excluding hydrogens is 1060 g/mol. The number of carboxylic acid groups (broad SMARTS) is 2. The van der Waals surface area contributed by atoms with Gasteiger partial charge in [-0.1, -0.05) is 24.3 Å². The molecule has 420 valence electrons. The van der Waals surface area contributed by atoms with Crippen molar-refractivity contribution in [3.8, 4) is 46.0 Å². The lowest BCUT2D eigenvalue weighted by Gasteiger charge is -2.50. The Morgan fingerprint density at radius 3 is 1.22 bits per heavy atom. The van der Waals surface area contributed by atoms with Crippen molar-refractivity contribution >= 4 is 60.1 Å². The maximum absolute atomic E-state index is 13.5. The number of hydrogen-bond acceptors (Lipinski definition) is 25. The molecule has 10 atom stereocenters. The Bertz CT molecular complexity index is 3060. The van der Waals surface area contributed by atoms with Crippen LogP contribution in [0.3, 0.4) is 0 Å². The van der Waals surface area contributed by atoms with Gasteiger partial charge in [-0.3, -0.25) is 4.74 Å². The molecule has 14 N–H and O–H groups in total. The fraction of sp³-hybridized carbons (Fsp3) is 0.269. The number of esters is 4. The highest BCUT2D eigenvalue weighted by Gasteiger charge is 2.65. The third-order valence-electron chi connectivity index (χ3n) is 11.7. The van der Waals surface area contributed by atoms with E-state index in [9.17, 15) is 100 Å². The molecule has 6 rings (SSSR count). The lowest BCUT2D eigenvalue weighted by molar-refractivity contribution is -0.408. The van der Waals surface area contributed by atoms with Crippen molar-refractivity contribution in [1.82, 2.24) is 0 Å². The number of phenolic OH excluding ortho intramolecular Hbond substituents is 8. The molecule has 2 fully saturated rings.